The van der Waals surface area contributed by atoms with E-state index in [9.17, 15) is 9.18 Å². The average molecular weight is 424 g/mol. The lowest BCUT2D eigenvalue weighted by atomic mass is 10.2. The predicted molar refractivity (Wildman–Crippen MR) is 115 cm³/mol. The maximum Gasteiger partial charge on any atom is 0.260 e. The fourth-order valence-electron chi connectivity index (χ4n) is 3.42. The summed E-state index contributed by atoms with van der Waals surface area (Å²) >= 11 is 0. The van der Waals surface area contributed by atoms with Gasteiger partial charge >= 0.3 is 0 Å². The van der Waals surface area contributed by atoms with Gasteiger partial charge in [-0.1, -0.05) is 31.1 Å². The van der Waals surface area contributed by atoms with Gasteiger partial charge in [-0.3, -0.25) is 4.79 Å². The fourth-order valence-corrected chi connectivity index (χ4v) is 3.42. The second-order valence-electron chi connectivity index (χ2n) is 7.74. The van der Waals surface area contributed by atoms with E-state index in [4.69, 9.17) is 9.26 Å². The Labute approximate surface area is 180 Å². The molecule has 1 aromatic heterocycles. The molecule has 8 heteroatoms. The highest BCUT2D eigenvalue weighted by Crippen LogP contribution is 2.23. The number of anilines is 1. The van der Waals surface area contributed by atoms with Crippen LogP contribution in [0.15, 0.2) is 53.1 Å². The van der Waals surface area contributed by atoms with E-state index >= 15 is 0 Å². The third kappa shape index (κ3) is 4.84. The number of carbonyl (C=O) groups excluding carboxylic acids is 1. The maximum atomic E-state index is 14.0. The van der Waals surface area contributed by atoms with Gasteiger partial charge in [-0.05, 0) is 36.4 Å². The summed E-state index contributed by atoms with van der Waals surface area (Å²) < 4.78 is 24.9. The monoisotopic (exact) mass is 424 g/mol. The number of nitrogens with zero attached hydrogens (tertiary/aromatic N) is 4. The minimum absolute atomic E-state index is 0.0445. The fraction of sp³-hybridized carbons (Fsp3) is 0.348. The quantitative estimate of drug-likeness (QED) is 0.601. The summed E-state index contributed by atoms with van der Waals surface area (Å²) in [5.74, 6) is 1.58. The minimum atomic E-state index is -0.241. The van der Waals surface area contributed by atoms with Crippen LogP contribution >= 0.6 is 0 Å². The lowest BCUT2D eigenvalue weighted by Gasteiger charge is -2.36. The van der Waals surface area contributed by atoms with Crippen LogP contribution in [-0.4, -0.2) is 53.7 Å². The van der Waals surface area contributed by atoms with Gasteiger partial charge in [0.05, 0.1) is 5.69 Å². The van der Waals surface area contributed by atoms with Crippen molar-refractivity contribution in [2.75, 3.05) is 37.7 Å². The van der Waals surface area contributed by atoms with Crippen LogP contribution in [0.4, 0.5) is 10.1 Å². The van der Waals surface area contributed by atoms with Crippen molar-refractivity contribution in [2.24, 2.45) is 0 Å². The molecule has 0 radical (unpaired) electrons. The number of para-hydroxylation sites is 1. The first-order chi connectivity index (χ1) is 15.0. The van der Waals surface area contributed by atoms with E-state index in [0.717, 1.165) is 5.56 Å². The van der Waals surface area contributed by atoms with Crippen molar-refractivity contribution in [3.8, 4) is 17.2 Å². The highest BCUT2D eigenvalue weighted by molar-refractivity contribution is 5.78. The number of carbonyl (C=O) groups is 1. The Morgan fingerprint density at radius 2 is 1.81 bits per heavy atom. The van der Waals surface area contributed by atoms with Crippen molar-refractivity contribution in [1.29, 1.82) is 0 Å². The van der Waals surface area contributed by atoms with Gasteiger partial charge in [0.2, 0.25) is 0 Å². The summed E-state index contributed by atoms with van der Waals surface area (Å²) in [5.41, 5.74) is 1.37. The van der Waals surface area contributed by atoms with E-state index in [-0.39, 0.29) is 24.2 Å². The van der Waals surface area contributed by atoms with Crippen LogP contribution in [0.2, 0.25) is 0 Å². The summed E-state index contributed by atoms with van der Waals surface area (Å²) in [6.45, 7) is 6.20. The molecule has 3 aromatic rings. The minimum Gasteiger partial charge on any atom is -0.484 e. The second kappa shape index (κ2) is 9.16. The van der Waals surface area contributed by atoms with Crippen LogP contribution in [-0.2, 0) is 4.79 Å². The SMILES string of the molecule is CC(C)c1noc(-c2ccc(OCC(=O)N3CCN(c4ccccc4F)CC3)cc2)n1. The normalized spacial score (nSPS) is 14.2. The maximum absolute atomic E-state index is 14.0. The molecule has 4 rings (SSSR count). The first-order valence-electron chi connectivity index (χ1n) is 10.4. The van der Waals surface area contributed by atoms with E-state index in [1.54, 1.807) is 29.2 Å². The van der Waals surface area contributed by atoms with Gasteiger partial charge in [-0.25, -0.2) is 4.39 Å². The third-order valence-electron chi connectivity index (χ3n) is 5.25. The zero-order chi connectivity index (χ0) is 21.8. The topological polar surface area (TPSA) is 71.7 Å². The number of ether oxygens (including phenoxy) is 1. The average Bonchev–Trinajstić information content (AvgIpc) is 3.29. The van der Waals surface area contributed by atoms with Gasteiger partial charge < -0.3 is 19.1 Å². The van der Waals surface area contributed by atoms with E-state index in [0.29, 0.717) is 49.3 Å². The molecule has 1 amide bonds. The van der Waals surface area contributed by atoms with Gasteiger partial charge in [-0.2, -0.15) is 4.98 Å². The van der Waals surface area contributed by atoms with Gasteiger partial charge in [0.1, 0.15) is 11.6 Å². The van der Waals surface area contributed by atoms with Gasteiger partial charge in [0, 0.05) is 37.7 Å². The molecule has 1 aliphatic rings. The molecule has 0 bridgehead atoms. The molecule has 1 fully saturated rings. The number of rotatable bonds is 6. The van der Waals surface area contributed by atoms with Crippen LogP contribution in [0.25, 0.3) is 11.5 Å². The van der Waals surface area contributed by atoms with Crippen LogP contribution < -0.4 is 9.64 Å². The largest absolute Gasteiger partial charge is 0.484 e. The number of benzene rings is 2. The van der Waals surface area contributed by atoms with Crippen LogP contribution in [0.1, 0.15) is 25.6 Å². The molecule has 0 N–H and O–H groups in total. The molecule has 0 unspecified atom stereocenters. The molecule has 2 heterocycles. The van der Waals surface area contributed by atoms with E-state index in [2.05, 4.69) is 10.1 Å². The molecule has 7 nitrogen and oxygen atoms in total. The number of hydrogen-bond acceptors (Lipinski definition) is 6. The summed E-state index contributed by atoms with van der Waals surface area (Å²) in [5, 5.41) is 3.96. The Kier molecular flexibility index (Phi) is 6.16. The summed E-state index contributed by atoms with van der Waals surface area (Å²) in [4.78, 5) is 20.6. The molecule has 1 aliphatic heterocycles. The zero-order valence-corrected chi connectivity index (χ0v) is 17.6. The van der Waals surface area contributed by atoms with Gasteiger partial charge in [-0.15, -0.1) is 0 Å². The number of piperazine rings is 1. The summed E-state index contributed by atoms with van der Waals surface area (Å²) in [6.07, 6.45) is 0. The summed E-state index contributed by atoms with van der Waals surface area (Å²) in [6, 6.07) is 13.9. The second-order valence-corrected chi connectivity index (χ2v) is 7.74. The Morgan fingerprint density at radius 1 is 1.10 bits per heavy atom. The third-order valence-corrected chi connectivity index (χ3v) is 5.25. The molecular weight excluding hydrogens is 399 g/mol. The first kappa shape index (κ1) is 20.8. The molecule has 2 aromatic carbocycles. The van der Waals surface area contributed by atoms with Crippen LogP contribution in [0.5, 0.6) is 5.75 Å². The van der Waals surface area contributed by atoms with E-state index in [1.165, 1.54) is 6.07 Å². The molecule has 0 atom stereocenters. The molecule has 162 valence electrons. The molecule has 31 heavy (non-hydrogen) atoms. The highest BCUT2D eigenvalue weighted by atomic mass is 19.1. The number of aromatic nitrogens is 2. The molecular formula is C23H25FN4O3. The summed E-state index contributed by atoms with van der Waals surface area (Å²) in [7, 11) is 0. The number of amides is 1. The van der Waals surface area contributed by atoms with E-state index in [1.807, 2.05) is 36.9 Å². The van der Waals surface area contributed by atoms with Crippen LogP contribution in [0, 0.1) is 5.82 Å². The van der Waals surface area contributed by atoms with Crippen LogP contribution in [0.3, 0.4) is 0 Å². The van der Waals surface area contributed by atoms with Gasteiger partial charge in [0.15, 0.2) is 12.4 Å². The predicted octanol–water partition coefficient (Wildman–Crippen LogP) is 3.73. The van der Waals surface area contributed by atoms with Crippen molar-refractivity contribution in [2.45, 2.75) is 19.8 Å². The zero-order valence-electron chi connectivity index (χ0n) is 17.6. The molecule has 0 saturated carbocycles. The molecule has 0 spiro atoms. The lowest BCUT2D eigenvalue weighted by Crippen LogP contribution is -2.50. The van der Waals surface area contributed by atoms with Crippen molar-refractivity contribution in [3.63, 3.8) is 0 Å². The van der Waals surface area contributed by atoms with E-state index < -0.39 is 0 Å². The number of halogens is 1. The van der Waals surface area contributed by atoms with Crippen molar-refractivity contribution in [3.05, 3.63) is 60.2 Å². The Hall–Kier alpha value is -3.42. The van der Waals surface area contributed by atoms with Crippen molar-refractivity contribution in [1.82, 2.24) is 15.0 Å². The lowest BCUT2D eigenvalue weighted by molar-refractivity contribution is -0.133. The smallest absolute Gasteiger partial charge is 0.260 e. The molecule has 0 aliphatic carbocycles. The number of hydrogen-bond donors (Lipinski definition) is 0. The van der Waals surface area contributed by atoms with Crippen molar-refractivity contribution >= 4 is 11.6 Å². The Morgan fingerprint density at radius 3 is 2.45 bits per heavy atom. The first-order valence-corrected chi connectivity index (χ1v) is 10.4. The Balaban J connectivity index is 1.27. The Bertz CT molecular complexity index is 1030. The molecule has 1 saturated heterocycles. The highest BCUT2D eigenvalue weighted by Gasteiger charge is 2.23. The van der Waals surface area contributed by atoms with Crippen molar-refractivity contribution < 1.29 is 18.4 Å². The van der Waals surface area contributed by atoms with Gasteiger partial charge in [0.25, 0.3) is 11.8 Å². The standard InChI is InChI=1S/C23H25FN4O3/c1-16(2)22-25-23(31-26-22)17-7-9-18(10-8-17)30-15-21(29)28-13-11-27(12-14-28)20-6-4-3-5-19(20)24/h3-10,16H,11-15H2,1-2H3.